The molecule has 130 valence electrons. The number of likely N-dealkylation sites (tertiary alicyclic amines) is 1. The maximum absolute atomic E-state index is 13.1. The standard InChI is InChI=1S/C18H20ClN5O/c19-14-12-21-18(23-9-1-2-10-23)22-16(14)17(25)24-11-3-4-15(24)13-5-7-20-8-6-13/h5-8,12,15H,1-4,9-11H2/t15-/m0/s1. The molecule has 2 fully saturated rings. The van der Waals surface area contributed by atoms with Gasteiger partial charge in [0.1, 0.15) is 0 Å². The van der Waals surface area contributed by atoms with Gasteiger partial charge in [0.2, 0.25) is 5.95 Å². The minimum Gasteiger partial charge on any atom is -0.341 e. The first-order valence-electron chi connectivity index (χ1n) is 8.72. The largest absolute Gasteiger partial charge is 0.341 e. The summed E-state index contributed by atoms with van der Waals surface area (Å²) in [6.07, 6.45) is 9.25. The Morgan fingerprint density at radius 3 is 2.64 bits per heavy atom. The molecule has 2 aromatic rings. The van der Waals surface area contributed by atoms with E-state index in [0.717, 1.165) is 44.3 Å². The van der Waals surface area contributed by atoms with Crippen molar-refractivity contribution in [3.8, 4) is 0 Å². The lowest BCUT2D eigenvalue weighted by atomic mass is 10.1. The van der Waals surface area contributed by atoms with E-state index in [-0.39, 0.29) is 11.9 Å². The molecule has 0 aromatic carbocycles. The van der Waals surface area contributed by atoms with E-state index in [9.17, 15) is 4.79 Å². The molecule has 0 N–H and O–H groups in total. The van der Waals surface area contributed by atoms with Crippen molar-refractivity contribution in [2.75, 3.05) is 24.5 Å². The van der Waals surface area contributed by atoms with Gasteiger partial charge in [-0.2, -0.15) is 0 Å². The van der Waals surface area contributed by atoms with Crippen LogP contribution in [0, 0.1) is 0 Å². The fourth-order valence-electron chi connectivity index (χ4n) is 3.66. The van der Waals surface area contributed by atoms with Crippen LogP contribution in [0.5, 0.6) is 0 Å². The normalized spacial score (nSPS) is 20.3. The van der Waals surface area contributed by atoms with Gasteiger partial charge in [0.05, 0.1) is 17.3 Å². The number of carbonyl (C=O) groups is 1. The van der Waals surface area contributed by atoms with Crippen LogP contribution >= 0.6 is 11.6 Å². The van der Waals surface area contributed by atoms with Gasteiger partial charge in [-0.3, -0.25) is 9.78 Å². The summed E-state index contributed by atoms with van der Waals surface area (Å²) in [5.74, 6) is 0.483. The van der Waals surface area contributed by atoms with Gasteiger partial charge >= 0.3 is 0 Å². The number of rotatable bonds is 3. The van der Waals surface area contributed by atoms with Crippen LogP contribution in [-0.2, 0) is 0 Å². The number of anilines is 1. The topological polar surface area (TPSA) is 62.2 Å². The quantitative estimate of drug-likeness (QED) is 0.844. The molecule has 0 saturated carbocycles. The summed E-state index contributed by atoms with van der Waals surface area (Å²) in [4.78, 5) is 30.0. The predicted molar refractivity (Wildman–Crippen MR) is 95.7 cm³/mol. The highest BCUT2D eigenvalue weighted by Gasteiger charge is 2.33. The van der Waals surface area contributed by atoms with Gasteiger partial charge in [-0.05, 0) is 43.4 Å². The van der Waals surface area contributed by atoms with Crippen molar-refractivity contribution >= 4 is 23.5 Å². The highest BCUT2D eigenvalue weighted by atomic mass is 35.5. The third-order valence-electron chi connectivity index (χ3n) is 4.93. The first kappa shape index (κ1) is 16.3. The maximum atomic E-state index is 13.1. The maximum Gasteiger partial charge on any atom is 0.274 e. The Morgan fingerprint density at radius 1 is 1.12 bits per heavy atom. The summed E-state index contributed by atoms with van der Waals surface area (Å²) < 4.78 is 0. The Hall–Kier alpha value is -2.21. The zero-order valence-corrected chi connectivity index (χ0v) is 14.7. The second-order valence-corrected chi connectivity index (χ2v) is 6.91. The van der Waals surface area contributed by atoms with Crippen molar-refractivity contribution < 1.29 is 4.79 Å². The van der Waals surface area contributed by atoms with Crippen molar-refractivity contribution in [1.29, 1.82) is 0 Å². The molecule has 2 aliphatic rings. The van der Waals surface area contributed by atoms with Gasteiger partial charge in [0.25, 0.3) is 5.91 Å². The number of carbonyl (C=O) groups excluding carboxylic acids is 1. The summed E-state index contributed by atoms with van der Waals surface area (Å²) >= 11 is 6.27. The summed E-state index contributed by atoms with van der Waals surface area (Å²) in [5, 5.41) is 0.313. The fourth-order valence-corrected chi connectivity index (χ4v) is 3.83. The van der Waals surface area contributed by atoms with E-state index in [2.05, 4.69) is 19.9 Å². The molecule has 2 saturated heterocycles. The lowest BCUT2D eigenvalue weighted by Crippen LogP contribution is -2.32. The monoisotopic (exact) mass is 357 g/mol. The molecule has 0 aliphatic carbocycles. The van der Waals surface area contributed by atoms with E-state index in [1.807, 2.05) is 17.0 Å². The molecular formula is C18H20ClN5O. The summed E-state index contributed by atoms with van der Waals surface area (Å²) in [7, 11) is 0. The van der Waals surface area contributed by atoms with Crippen LogP contribution in [0.25, 0.3) is 0 Å². The lowest BCUT2D eigenvalue weighted by Gasteiger charge is -2.25. The van der Waals surface area contributed by atoms with Crippen LogP contribution in [0.4, 0.5) is 5.95 Å². The molecule has 7 heteroatoms. The molecule has 2 aliphatic heterocycles. The second-order valence-electron chi connectivity index (χ2n) is 6.50. The number of nitrogens with zero attached hydrogens (tertiary/aromatic N) is 5. The van der Waals surface area contributed by atoms with Crippen LogP contribution in [0.15, 0.2) is 30.7 Å². The van der Waals surface area contributed by atoms with Gasteiger partial charge in [-0.25, -0.2) is 9.97 Å². The fraction of sp³-hybridized carbons (Fsp3) is 0.444. The predicted octanol–water partition coefficient (Wildman–Crippen LogP) is 3.10. The van der Waals surface area contributed by atoms with Gasteiger partial charge in [0.15, 0.2) is 5.69 Å². The Kier molecular flexibility index (Phi) is 4.53. The van der Waals surface area contributed by atoms with E-state index in [1.165, 1.54) is 0 Å². The third-order valence-corrected chi connectivity index (χ3v) is 5.20. The number of amides is 1. The molecule has 0 unspecified atom stereocenters. The van der Waals surface area contributed by atoms with Crippen molar-refractivity contribution in [3.63, 3.8) is 0 Å². The van der Waals surface area contributed by atoms with Crippen LogP contribution in [0.2, 0.25) is 5.02 Å². The van der Waals surface area contributed by atoms with E-state index in [0.29, 0.717) is 23.2 Å². The molecule has 0 radical (unpaired) electrons. The van der Waals surface area contributed by atoms with Crippen LogP contribution in [0.3, 0.4) is 0 Å². The summed E-state index contributed by atoms with van der Waals surface area (Å²) in [6, 6.07) is 3.98. The molecule has 25 heavy (non-hydrogen) atoms. The Bertz CT molecular complexity index is 763. The molecular weight excluding hydrogens is 338 g/mol. The SMILES string of the molecule is O=C(c1nc(N2CCCC2)ncc1Cl)N1CCC[C@H]1c1ccncc1. The van der Waals surface area contributed by atoms with E-state index in [4.69, 9.17) is 11.6 Å². The molecule has 1 atom stereocenters. The number of halogens is 1. The highest BCUT2D eigenvalue weighted by Crippen LogP contribution is 2.33. The molecule has 1 amide bonds. The molecule has 2 aromatic heterocycles. The first-order chi connectivity index (χ1) is 12.2. The van der Waals surface area contributed by atoms with E-state index < -0.39 is 0 Å². The van der Waals surface area contributed by atoms with E-state index >= 15 is 0 Å². The number of pyridine rings is 1. The van der Waals surface area contributed by atoms with Gasteiger partial charge in [0, 0.05) is 32.0 Å². The molecule has 0 spiro atoms. The molecule has 4 rings (SSSR count). The van der Waals surface area contributed by atoms with E-state index in [1.54, 1.807) is 18.6 Å². The van der Waals surface area contributed by atoms with Crippen LogP contribution in [-0.4, -0.2) is 45.4 Å². The highest BCUT2D eigenvalue weighted by molar-refractivity contribution is 6.33. The second kappa shape index (κ2) is 6.96. The van der Waals surface area contributed by atoms with Gasteiger partial charge < -0.3 is 9.80 Å². The minimum absolute atomic E-state index is 0.0526. The summed E-state index contributed by atoms with van der Waals surface area (Å²) in [5.41, 5.74) is 1.41. The summed E-state index contributed by atoms with van der Waals surface area (Å²) in [6.45, 7) is 2.57. The molecule has 0 bridgehead atoms. The smallest absolute Gasteiger partial charge is 0.274 e. The van der Waals surface area contributed by atoms with Crippen molar-refractivity contribution in [3.05, 3.63) is 47.0 Å². The Labute approximate surface area is 151 Å². The Balaban J connectivity index is 1.62. The average Bonchev–Trinajstić information content (AvgIpc) is 3.34. The van der Waals surface area contributed by atoms with Crippen molar-refractivity contribution in [2.45, 2.75) is 31.7 Å². The van der Waals surface area contributed by atoms with Crippen molar-refractivity contribution in [1.82, 2.24) is 19.9 Å². The number of hydrogen-bond acceptors (Lipinski definition) is 5. The van der Waals surface area contributed by atoms with Crippen molar-refractivity contribution in [2.24, 2.45) is 0 Å². The number of aromatic nitrogens is 3. The van der Waals surface area contributed by atoms with Gasteiger partial charge in [-0.1, -0.05) is 11.6 Å². The third kappa shape index (κ3) is 3.18. The first-order valence-corrected chi connectivity index (χ1v) is 9.10. The zero-order valence-electron chi connectivity index (χ0n) is 13.9. The lowest BCUT2D eigenvalue weighted by molar-refractivity contribution is 0.0729. The Morgan fingerprint density at radius 2 is 1.88 bits per heavy atom. The minimum atomic E-state index is -0.118. The van der Waals surface area contributed by atoms with Crippen LogP contribution in [0.1, 0.15) is 47.8 Å². The molecule has 6 nitrogen and oxygen atoms in total. The number of hydrogen-bond donors (Lipinski definition) is 0. The molecule has 4 heterocycles. The van der Waals surface area contributed by atoms with Gasteiger partial charge in [-0.15, -0.1) is 0 Å². The van der Waals surface area contributed by atoms with Crippen LogP contribution < -0.4 is 4.90 Å². The average molecular weight is 358 g/mol. The zero-order chi connectivity index (χ0) is 17.2.